The molecule has 2 amide bonds. The van der Waals surface area contributed by atoms with Crippen LogP contribution in [0.5, 0.6) is 0 Å². The SMILES string of the molecule is C=CCn1c(SCC(=O)Nc2ccccc2C(=O)OC)nnc1[C@H](C)NC(=O)c1ccccc1. The first-order valence-electron chi connectivity index (χ1n) is 10.4. The van der Waals surface area contributed by atoms with E-state index in [2.05, 4.69) is 27.4 Å². The van der Waals surface area contributed by atoms with Gasteiger partial charge in [-0.15, -0.1) is 16.8 Å². The van der Waals surface area contributed by atoms with Crippen molar-refractivity contribution in [2.24, 2.45) is 0 Å². The second-order valence-corrected chi connectivity index (χ2v) is 8.12. The van der Waals surface area contributed by atoms with Crippen molar-refractivity contribution in [3.05, 3.63) is 84.2 Å². The molecule has 34 heavy (non-hydrogen) atoms. The summed E-state index contributed by atoms with van der Waals surface area (Å²) in [7, 11) is 1.28. The highest BCUT2D eigenvalue weighted by molar-refractivity contribution is 7.99. The number of ether oxygens (including phenoxy) is 1. The van der Waals surface area contributed by atoms with Crippen LogP contribution in [0.4, 0.5) is 5.69 Å². The largest absolute Gasteiger partial charge is 0.465 e. The third-order valence-corrected chi connectivity index (χ3v) is 5.73. The molecule has 0 aliphatic carbocycles. The van der Waals surface area contributed by atoms with E-state index in [1.54, 1.807) is 59.2 Å². The summed E-state index contributed by atoms with van der Waals surface area (Å²) in [4.78, 5) is 37.0. The monoisotopic (exact) mass is 479 g/mol. The average molecular weight is 480 g/mol. The van der Waals surface area contributed by atoms with Crippen LogP contribution in [0.2, 0.25) is 0 Å². The Morgan fingerprint density at radius 3 is 2.53 bits per heavy atom. The van der Waals surface area contributed by atoms with Crippen molar-refractivity contribution in [3.63, 3.8) is 0 Å². The summed E-state index contributed by atoms with van der Waals surface area (Å²) in [6, 6.07) is 15.1. The first-order chi connectivity index (χ1) is 16.4. The zero-order valence-corrected chi connectivity index (χ0v) is 19.7. The van der Waals surface area contributed by atoms with Gasteiger partial charge >= 0.3 is 5.97 Å². The molecule has 3 aromatic rings. The number of methoxy groups -OCH3 is 1. The van der Waals surface area contributed by atoms with E-state index in [9.17, 15) is 14.4 Å². The molecule has 0 aliphatic heterocycles. The molecule has 3 rings (SSSR count). The van der Waals surface area contributed by atoms with Crippen molar-refractivity contribution in [3.8, 4) is 0 Å². The minimum absolute atomic E-state index is 0.0372. The number of carbonyl (C=O) groups excluding carboxylic acids is 3. The molecular formula is C24H25N5O4S. The molecule has 0 radical (unpaired) electrons. The van der Waals surface area contributed by atoms with E-state index in [1.807, 2.05) is 13.0 Å². The van der Waals surface area contributed by atoms with Gasteiger partial charge in [-0.3, -0.25) is 9.59 Å². The number of esters is 1. The number of para-hydroxylation sites is 1. The maximum atomic E-state index is 12.5. The second-order valence-electron chi connectivity index (χ2n) is 7.18. The predicted octanol–water partition coefficient (Wildman–Crippen LogP) is 3.47. The lowest BCUT2D eigenvalue weighted by Gasteiger charge is -2.15. The number of allylic oxidation sites excluding steroid dienone is 1. The Kier molecular flexibility index (Phi) is 8.58. The van der Waals surface area contributed by atoms with Gasteiger partial charge in [-0.25, -0.2) is 4.79 Å². The minimum Gasteiger partial charge on any atom is -0.465 e. The summed E-state index contributed by atoms with van der Waals surface area (Å²) in [5, 5.41) is 14.6. The van der Waals surface area contributed by atoms with Crippen molar-refractivity contribution in [2.45, 2.75) is 24.7 Å². The molecule has 0 spiro atoms. The molecular weight excluding hydrogens is 454 g/mol. The lowest BCUT2D eigenvalue weighted by Crippen LogP contribution is -2.28. The van der Waals surface area contributed by atoms with Crippen LogP contribution in [0.15, 0.2) is 72.4 Å². The molecule has 176 valence electrons. The molecule has 0 bridgehead atoms. The summed E-state index contributed by atoms with van der Waals surface area (Å²) in [5.41, 5.74) is 1.18. The zero-order valence-electron chi connectivity index (χ0n) is 18.9. The minimum atomic E-state index is -0.537. The fraction of sp³-hybridized carbons (Fsp3) is 0.208. The van der Waals surface area contributed by atoms with Crippen LogP contribution in [0.3, 0.4) is 0 Å². The van der Waals surface area contributed by atoms with Crippen molar-refractivity contribution in [1.29, 1.82) is 0 Å². The van der Waals surface area contributed by atoms with Crippen LogP contribution < -0.4 is 10.6 Å². The fourth-order valence-corrected chi connectivity index (χ4v) is 3.91. The first-order valence-corrected chi connectivity index (χ1v) is 11.4. The number of nitrogens with one attached hydrogen (secondary N) is 2. The molecule has 0 saturated heterocycles. The molecule has 0 aliphatic rings. The highest BCUT2D eigenvalue weighted by Gasteiger charge is 2.21. The van der Waals surface area contributed by atoms with Gasteiger partial charge in [0.2, 0.25) is 5.91 Å². The lowest BCUT2D eigenvalue weighted by atomic mass is 10.2. The number of carbonyl (C=O) groups is 3. The highest BCUT2D eigenvalue weighted by Crippen LogP contribution is 2.22. The van der Waals surface area contributed by atoms with Gasteiger partial charge in [0.05, 0.1) is 30.2 Å². The van der Waals surface area contributed by atoms with Gasteiger partial charge in [-0.05, 0) is 31.2 Å². The molecule has 1 atom stereocenters. The molecule has 0 fully saturated rings. The van der Waals surface area contributed by atoms with Gasteiger partial charge in [0.25, 0.3) is 5.91 Å². The normalized spacial score (nSPS) is 11.4. The molecule has 1 aromatic heterocycles. The Balaban J connectivity index is 1.68. The van der Waals surface area contributed by atoms with Gasteiger partial charge in [-0.1, -0.05) is 48.2 Å². The average Bonchev–Trinajstić information content (AvgIpc) is 3.26. The molecule has 9 nitrogen and oxygen atoms in total. The van der Waals surface area contributed by atoms with Crippen LogP contribution in [0.1, 0.15) is 39.5 Å². The van der Waals surface area contributed by atoms with Gasteiger partial charge in [0, 0.05) is 12.1 Å². The van der Waals surface area contributed by atoms with Crippen LogP contribution in [0.25, 0.3) is 0 Å². The quantitative estimate of drug-likeness (QED) is 0.260. The van der Waals surface area contributed by atoms with E-state index in [0.29, 0.717) is 28.8 Å². The van der Waals surface area contributed by atoms with Crippen LogP contribution in [-0.4, -0.2) is 45.4 Å². The second kappa shape index (κ2) is 11.8. The number of aromatic nitrogens is 3. The maximum Gasteiger partial charge on any atom is 0.339 e. The van der Waals surface area contributed by atoms with Crippen molar-refractivity contribution in [1.82, 2.24) is 20.1 Å². The van der Waals surface area contributed by atoms with Gasteiger partial charge in [0.15, 0.2) is 11.0 Å². The lowest BCUT2D eigenvalue weighted by molar-refractivity contribution is -0.113. The number of hydrogen-bond donors (Lipinski definition) is 2. The van der Waals surface area contributed by atoms with Crippen molar-refractivity contribution in [2.75, 3.05) is 18.2 Å². The topological polar surface area (TPSA) is 115 Å². The number of rotatable bonds is 10. The number of amides is 2. The summed E-state index contributed by atoms with van der Waals surface area (Å²) < 4.78 is 6.55. The van der Waals surface area contributed by atoms with E-state index in [-0.39, 0.29) is 23.1 Å². The number of benzene rings is 2. The third-order valence-electron chi connectivity index (χ3n) is 4.77. The van der Waals surface area contributed by atoms with Crippen molar-refractivity contribution >= 4 is 35.2 Å². The summed E-state index contributed by atoms with van der Waals surface area (Å²) in [6.07, 6.45) is 1.69. The van der Waals surface area contributed by atoms with E-state index in [0.717, 1.165) is 0 Å². The maximum absolute atomic E-state index is 12.5. The smallest absolute Gasteiger partial charge is 0.339 e. The van der Waals surface area contributed by atoms with Crippen LogP contribution >= 0.6 is 11.8 Å². The fourth-order valence-electron chi connectivity index (χ4n) is 3.16. The van der Waals surface area contributed by atoms with E-state index >= 15 is 0 Å². The Bertz CT molecular complexity index is 1180. The third kappa shape index (κ3) is 6.10. The van der Waals surface area contributed by atoms with E-state index in [1.165, 1.54) is 18.9 Å². The molecule has 2 aromatic carbocycles. The highest BCUT2D eigenvalue weighted by atomic mass is 32.2. The summed E-state index contributed by atoms with van der Waals surface area (Å²) in [5.74, 6) is -0.496. The molecule has 0 saturated carbocycles. The van der Waals surface area contributed by atoms with Crippen molar-refractivity contribution < 1.29 is 19.1 Å². The summed E-state index contributed by atoms with van der Waals surface area (Å²) in [6.45, 7) is 6.00. The molecule has 0 unspecified atom stereocenters. The molecule has 2 N–H and O–H groups in total. The predicted molar refractivity (Wildman–Crippen MR) is 130 cm³/mol. The molecule has 1 heterocycles. The number of anilines is 1. The molecule has 10 heteroatoms. The Hall–Kier alpha value is -3.92. The first kappa shape index (κ1) is 24.7. The Morgan fingerprint density at radius 1 is 1.12 bits per heavy atom. The van der Waals surface area contributed by atoms with E-state index < -0.39 is 12.0 Å². The standard InChI is InChI=1S/C24H25N5O4S/c1-4-14-29-21(16(2)25-22(31)17-10-6-5-7-11-17)27-28-24(29)34-15-20(30)26-19-13-9-8-12-18(19)23(32)33-3/h4-13,16H,1,14-15H2,2-3H3,(H,25,31)(H,26,30)/t16-/m0/s1. The Morgan fingerprint density at radius 2 is 1.82 bits per heavy atom. The van der Waals surface area contributed by atoms with Crippen LogP contribution in [-0.2, 0) is 16.1 Å². The van der Waals surface area contributed by atoms with E-state index in [4.69, 9.17) is 4.74 Å². The van der Waals surface area contributed by atoms with Gasteiger partial charge in [0.1, 0.15) is 0 Å². The van der Waals surface area contributed by atoms with Crippen LogP contribution in [0, 0.1) is 0 Å². The number of hydrogen-bond acceptors (Lipinski definition) is 7. The number of thioether (sulfide) groups is 1. The van der Waals surface area contributed by atoms with Gasteiger partial charge in [-0.2, -0.15) is 0 Å². The zero-order chi connectivity index (χ0) is 24.5. The summed E-state index contributed by atoms with van der Waals surface area (Å²) >= 11 is 1.19. The van der Waals surface area contributed by atoms with Gasteiger partial charge < -0.3 is 19.9 Å². The number of nitrogens with zero attached hydrogens (tertiary/aromatic N) is 3. The Labute approximate surface area is 201 Å².